The average Bonchev–Trinajstić information content (AvgIpc) is 2.95. The molecule has 0 aliphatic heterocycles. The number of rotatable bonds is 5. The summed E-state index contributed by atoms with van der Waals surface area (Å²) >= 11 is 6.25. The summed E-state index contributed by atoms with van der Waals surface area (Å²) in [6.45, 7) is 0.571. The van der Waals surface area contributed by atoms with Crippen molar-refractivity contribution in [2.75, 3.05) is 25.1 Å². The SMILES string of the molecule is CN(CCO)c1nc2c(c(=O)[nH]c(=O)n2C)n1Cc1ccccc1Cl. The van der Waals surface area contributed by atoms with Crippen LogP contribution >= 0.6 is 11.6 Å². The molecule has 0 spiro atoms. The molecule has 25 heavy (non-hydrogen) atoms. The van der Waals surface area contributed by atoms with Crippen LogP contribution in [-0.4, -0.2) is 44.4 Å². The summed E-state index contributed by atoms with van der Waals surface area (Å²) in [7, 11) is 3.30. The highest BCUT2D eigenvalue weighted by Gasteiger charge is 2.20. The minimum Gasteiger partial charge on any atom is -0.395 e. The Kier molecular flexibility index (Phi) is 4.65. The van der Waals surface area contributed by atoms with E-state index >= 15 is 0 Å². The van der Waals surface area contributed by atoms with Gasteiger partial charge in [0, 0.05) is 25.7 Å². The van der Waals surface area contributed by atoms with Crippen LogP contribution in [0, 0.1) is 0 Å². The second-order valence-corrected chi connectivity index (χ2v) is 6.13. The molecule has 0 fully saturated rings. The molecule has 9 heteroatoms. The van der Waals surface area contributed by atoms with Crippen molar-refractivity contribution in [2.24, 2.45) is 7.05 Å². The molecule has 0 aliphatic carbocycles. The zero-order valence-corrected chi connectivity index (χ0v) is 14.6. The molecule has 0 atom stereocenters. The van der Waals surface area contributed by atoms with Crippen molar-refractivity contribution in [2.45, 2.75) is 6.54 Å². The molecule has 2 N–H and O–H groups in total. The van der Waals surface area contributed by atoms with Gasteiger partial charge in [0.1, 0.15) is 0 Å². The Balaban J connectivity index is 2.28. The van der Waals surface area contributed by atoms with Crippen molar-refractivity contribution in [1.82, 2.24) is 19.1 Å². The number of halogens is 1. The molecule has 8 nitrogen and oxygen atoms in total. The number of likely N-dealkylation sites (N-methyl/N-ethyl adjacent to an activating group) is 1. The van der Waals surface area contributed by atoms with E-state index in [4.69, 9.17) is 11.6 Å². The number of aromatic nitrogens is 4. The highest BCUT2D eigenvalue weighted by atomic mass is 35.5. The van der Waals surface area contributed by atoms with Gasteiger partial charge in [0.2, 0.25) is 5.95 Å². The first-order valence-electron chi connectivity index (χ1n) is 7.69. The lowest BCUT2D eigenvalue weighted by Gasteiger charge is -2.19. The fourth-order valence-corrected chi connectivity index (χ4v) is 2.91. The summed E-state index contributed by atoms with van der Waals surface area (Å²) in [6, 6.07) is 7.32. The number of nitrogens with one attached hydrogen (secondary N) is 1. The number of nitrogens with zero attached hydrogens (tertiary/aromatic N) is 4. The van der Waals surface area contributed by atoms with Crippen LogP contribution in [0.15, 0.2) is 33.9 Å². The molecule has 0 radical (unpaired) electrons. The Morgan fingerprint density at radius 3 is 2.72 bits per heavy atom. The molecule has 0 aliphatic rings. The Hall–Kier alpha value is -2.58. The lowest BCUT2D eigenvalue weighted by atomic mass is 10.2. The van der Waals surface area contributed by atoms with Crippen LogP contribution < -0.4 is 16.1 Å². The molecule has 0 saturated heterocycles. The van der Waals surface area contributed by atoms with E-state index in [1.807, 2.05) is 18.2 Å². The number of aliphatic hydroxyl groups is 1. The summed E-state index contributed by atoms with van der Waals surface area (Å²) < 4.78 is 2.99. The first-order valence-corrected chi connectivity index (χ1v) is 8.06. The van der Waals surface area contributed by atoms with Crippen molar-refractivity contribution in [1.29, 1.82) is 0 Å². The molecule has 3 aromatic rings. The average molecular weight is 364 g/mol. The van der Waals surface area contributed by atoms with Gasteiger partial charge in [-0.3, -0.25) is 18.9 Å². The molecule has 2 heterocycles. The van der Waals surface area contributed by atoms with Crippen LogP contribution in [0.4, 0.5) is 5.95 Å². The third kappa shape index (κ3) is 3.06. The number of aromatic amines is 1. The molecule has 0 bridgehead atoms. The number of fused-ring (bicyclic) bond motifs is 1. The van der Waals surface area contributed by atoms with Crippen molar-refractivity contribution in [3.8, 4) is 0 Å². The molecule has 3 rings (SSSR count). The van der Waals surface area contributed by atoms with Gasteiger partial charge in [-0.2, -0.15) is 4.98 Å². The van der Waals surface area contributed by atoms with Crippen LogP contribution in [0.25, 0.3) is 11.2 Å². The van der Waals surface area contributed by atoms with Gasteiger partial charge in [-0.05, 0) is 11.6 Å². The molecule has 2 aromatic heterocycles. The molecule has 1 aromatic carbocycles. The van der Waals surface area contributed by atoms with E-state index in [-0.39, 0.29) is 17.8 Å². The number of anilines is 1. The largest absolute Gasteiger partial charge is 0.395 e. The van der Waals surface area contributed by atoms with Crippen LogP contribution in [0.3, 0.4) is 0 Å². The van der Waals surface area contributed by atoms with Gasteiger partial charge in [0.25, 0.3) is 5.56 Å². The van der Waals surface area contributed by atoms with Crippen LogP contribution in [0.2, 0.25) is 5.02 Å². The number of hydrogen-bond acceptors (Lipinski definition) is 5. The van der Waals surface area contributed by atoms with E-state index in [9.17, 15) is 14.7 Å². The molecule has 0 amide bonds. The van der Waals surface area contributed by atoms with Gasteiger partial charge in [0.05, 0.1) is 13.2 Å². The standard InChI is InChI=1S/C16H18ClN5O3/c1-20(7-8-23)15-18-13-12(14(24)19-16(25)21(13)2)22(15)9-10-5-3-4-6-11(10)17/h3-6,23H,7-9H2,1-2H3,(H,19,24,25). The van der Waals surface area contributed by atoms with Crippen molar-refractivity contribution < 1.29 is 5.11 Å². The van der Waals surface area contributed by atoms with E-state index in [0.29, 0.717) is 24.1 Å². The Morgan fingerprint density at radius 1 is 1.32 bits per heavy atom. The molecule has 132 valence electrons. The molecular formula is C16H18ClN5O3. The fourth-order valence-electron chi connectivity index (χ4n) is 2.71. The number of benzene rings is 1. The predicted octanol–water partition coefficient (Wildman–Crippen LogP) is 0.553. The highest BCUT2D eigenvalue weighted by molar-refractivity contribution is 6.31. The summed E-state index contributed by atoms with van der Waals surface area (Å²) in [5.74, 6) is 0.468. The van der Waals surface area contributed by atoms with Crippen molar-refractivity contribution in [3.63, 3.8) is 0 Å². The Labute approximate surface area is 147 Å². The monoisotopic (exact) mass is 363 g/mol. The van der Waals surface area contributed by atoms with Crippen LogP contribution in [0.1, 0.15) is 5.56 Å². The van der Waals surface area contributed by atoms with Gasteiger partial charge in [-0.15, -0.1) is 0 Å². The van der Waals surface area contributed by atoms with Crippen molar-refractivity contribution >= 4 is 28.7 Å². The lowest BCUT2D eigenvalue weighted by Crippen LogP contribution is -2.29. The third-order valence-corrected chi connectivity index (χ3v) is 4.42. The second kappa shape index (κ2) is 6.73. The Bertz CT molecular complexity index is 1040. The van der Waals surface area contributed by atoms with E-state index in [0.717, 1.165) is 5.56 Å². The zero-order chi connectivity index (χ0) is 18.1. The molecule has 0 unspecified atom stereocenters. The highest BCUT2D eigenvalue weighted by Crippen LogP contribution is 2.23. The normalized spacial score (nSPS) is 11.2. The number of H-pyrrole nitrogens is 1. The number of aryl methyl sites for hydroxylation is 1. The zero-order valence-electron chi connectivity index (χ0n) is 13.9. The van der Waals surface area contributed by atoms with Crippen LogP contribution in [0.5, 0.6) is 0 Å². The Morgan fingerprint density at radius 2 is 2.04 bits per heavy atom. The topological polar surface area (TPSA) is 96.2 Å². The summed E-state index contributed by atoms with van der Waals surface area (Å²) in [6.07, 6.45) is 0. The number of imidazole rings is 1. The maximum atomic E-state index is 12.4. The van der Waals surface area contributed by atoms with Gasteiger partial charge in [0.15, 0.2) is 11.2 Å². The maximum absolute atomic E-state index is 12.4. The predicted molar refractivity (Wildman–Crippen MR) is 96.5 cm³/mol. The molecule has 0 saturated carbocycles. The summed E-state index contributed by atoms with van der Waals surface area (Å²) in [5, 5.41) is 9.80. The van der Waals surface area contributed by atoms with Gasteiger partial charge >= 0.3 is 5.69 Å². The van der Waals surface area contributed by atoms with E-state index < -0.39 is 11.2 Å². The van der Waals surface area contributed by atoms with Crippen LogP contribution in [-0.2, 0) is 13.6 Å². The number of aliphatic hydroxyl groups excluding tert-OH is 1. The summed E-state index contributed by atoms with van der Waals surface area (Å²) in [5.41, 5.74) is 0.329. The van der Waals surface area contributed by atoms with E-state index in [2.05, 4.69) is 9.97 Å². The van der Waals surface area contributed by atoms with E-state index in [1.165, 1.54) is 4.57 Å². The molecular weight excluding hydrogens is 346 g/mol. The minimum absolute atomic E-state index is 0.0684. The second-order valence-electron chi connectivity index (χ2n) is 5.73. The minimum atomic E-state index is -0.531. The quantitative estimate of drug-likeness (QED) is 0.690. The van der Waals surface area contributed by atoms with Gasteiger partial charge in [-0.1, -0.05) is 29.8 Å². The first-order chi connectivity index (χ1) is 11.9. The maximum Gasteiger partial charge on any atom is 0.329 e. The summed E-state index contributed by atoms with van der Waals surface area (Å²) in [4.78, 5) is 32.8. The van der Waals surface area contributed by atoms with E-state index in [1.54, 1.807) is 29.6 Å². The lowest BCUT2D eigenvalue weighted by molar-refractivity contribution is 0.303. The first kappa shape index (κ1) is 17.2. The third-order valence-electron chi connectivity index (χ3n) is 4.05. The van der Waals surface area contributed by atoms with Gasteiger partial charge in [-0.25, -0.2) is 4.79 Å². The van der Waals surface area contributed by atoms with Gasteiger partial charge < -0.3 is 10.0 Å². The number of hydrogen-bond donors (Lipinski definition) is 2. The van der Waals surface area contributed by atoms with Crippen molar-refractivity contribution in [3.05, 3.63) is 55.7 Å². The smallest absolute Gasteiger partial charge is 0.329 e. The fraction of sp³-hybridized carbons (Fsp3) is 0.312.